The highest BCUT2D eigenvalue weighted by molar-refractivity contribution is 8.00. The van der Waals surface area contributed by atoms with Gasteiger partial charge in [0.1, 0.15) is 29.9 Å². The molecule has 0 bridgehead atoms. The minimum absolute atomic E-state index is 0.108. The van der Waals surface area contributed by atoms with E-state index in [1.165, 1.54) is 23.5 Å². The first kappa shape index (κ1) is 29.6. The molecule has 4 rings (SSSR count). The van der Waals surface area contributed by atoms with Crippen molar-refractivity contribution in [2.24, 2.45) is 5.92 Å². The summed E-state index contributed by atoms with van der Waals surface area (Å²) in [5.41, 5.74) is 1.18. The van der Waals surface area contributed by atoms with Crippen molar-refractivity contribution in [2.75, 3.05) is 19.8 Å². The molecule has 10 heteroatoms. The average molecular weight is 564 g/mol. The zero-order valence-electron chi connectivity index (χ0n) is 22.8. The molecular weight excluding hydrogens is 522 g/mol. The number of para-hydroxylation sites is 1. The van der Waals surface area contributed by atoms with Crippen molar-refractivity contribution in [2.45, 2.75) is 92.2 Å². The molecular formula is C28H41N3O5S2. The van der Waals surface area contributed by atoms with E-state index in [2.05, 4.69) is 23.2 Å². The SMILES string of the molecule is CCC[C@@H]1C[C@@H](C(=O)N[C@@H]([C@H]2O[C@H](SC)[C@H](O)[C@@H](O)[C@H]2O)[C@@H](C)Sc2nc3ccccc3cc2C)N(C)C1. The number of aryl methyl sites for hydroxylation is 1. The van der Waals surface area contributed by atoms with Crippen LogP contribution < -0.4 is 5.32 Å². The molecule has 0 spiro atoms. The summed E-state index contributed by atoms with van der Waals surface area (Å²) in [5, 5.41) is 36.9. The van der Waals surface area contributed by atoms with Crippen LogP contribution in [0.4, 0.5) is 0 Å². The zero-order chi connectivity index (χ0) is 27.6. The lowest BCUT2D eigenvalue weighted by molar-refractivity contribution is -0.205. The molecule has 1 aromatic carbocycles. The molecule has 2 fully saturated rings. The van der Waals surface area contributed by atoms with Crippen LogP contribution in [0.15, 0.2) is 35.4 Å². The first-order valence-electron chi connectivity index (χ1n) is 13.4. The molecule has 2 aliphatic heterocycles. The van der Waals surface area contributed by atoms with E-state index in [-0.39, 0.29) is 17.2 Å². The Hall–Kier alpha value is -1.40. The van der Waals surface area contributed by atoms with Crippen molar-refractivity contribution in [1.82, 2.24) is 15.2 Å². The number of ether oxygens (including phenoxy) is 1. The highest BCUT2D eigenvalue weighted by Gasteiger charge is 2.49. The largest absolute Gasteiger partial charge is 0.388 e. The average Bonchev–Trinajstić information content (AvgIpc) is 3.27. The Bertz CT molecular complexity index is 1110. The highest BCUT2D eigenvalue weighted by atomic mass is 32.2. The minimum atomic E-state index is -1.38. The summed E-state index contributed by atoms with van der Waals surface area (Å²) in [4.78, 5) is 20.6. The third-order valence-corrected chi connectivity index (χ3v) is 9.96. The number of likely N-dealkylation sites (tertiary alicyclic amines) is 1. The number of rotatable bonds is 9. The summed E-state index contributed by atoms with van der Waals surface area (Å²) in [7, 11) is 1.98. The Labute approximate surface area is 233 Å². The second-order valence-corrected chi connectivity index (χ2v) is 13.0. The molecule has 2 aliphatic rings. The predicted octanol–water partition coefficient (Wildman–Crippen LogP) is 2.80. The van der Waals surface area contributed by atoms with Gasteiger partial charge in [-0.3, -0.25) is 9.69 Å². The van der Waals surface area contributed by atoms with Gasteiger partial charge in [0.05, 0.1) is 22.6 Å². The molecule has 3 heterocycles. The van der Waals surface area contributed by atoms with Gasteiger partial charge in [0.15, 0.2) is 0 Å². The molecule has 0 radical (unpaired) electrons. The second-order valence-electron chi connectivity index (χ2n) is 10.7. The van der Waals surface area contributed by atoms with Gasteiger partial charge in [-0.2, -0.15) is 0 Å². The molecule has 210 valence electrons. The maximum atomic E-state index is 13.6. The van der Waals surface area contributed by atoms with E-state index in [0.29, 0.717) is 5.92 Å². The Morgan fingerprint density at radius 3 is 2.68 bits per heavy atom. The number of benzene rings is 1. The Morgan fingerprint density at radius 2 is 1.97 bits per heavy atom. The molecule has 0 aliphatic carbocycles. The number of aromatic nitrogens is 1. The lowest BCUT2D eigenvalue weighted by Crippen LogP contribution is -2.65. The fourth-order valence-electron chi connectivity index (χ4n) is 5.69. The van der Waals surface area contributed by atoms with E-state index < -0.39 is 35.9 Å². The van der Waals surface area contributed by atoms with Crippen LogP contribution >= 0.6 is 23.5 Å². The van der Waals surface area contributed by atoms with Crippen molar-refractivity contribution >= 4 is 40.3 Å². The van der Waals surface area contributed by atoms with Gasteiger partial charge in [-0.1, -0.05) is 38.5 Å². The van der Waals surface area contributed by atoms with Gasteiger partial charge < -0.3 is 25.4 Å². The number of likely N-dealkylation sites (N-methyl/N-ethyl adjacent to an activating group) is 1. The monoisotopic (exact) mass is 563 g/mol. The third-order valence-electron chi connectivity index (χ3n) is 7.81. The molecule has 9 atom stereocenters. The zero-order valence-corrected chi connectivity index (χ0v) is 24.4. The van der Waals surface area contributed by atoms with Crippen molar-refractivity contribution in [3.05, 3.63) is 35.9 Å². The maximum Gasteiger partial charge on any atom is 0.237 e. The summed E-state index contributed by atoms with van der Waals surface area (Å²) in [6, 6.07) is 9.14. The van der Waals surface area contributed by atoms with E-state index in [1.807, 2.05) is 45.2 Å². The molecule has 1 amide bonds. The van der Waals surface area contributed by atoms with Crippen LogP contribution in [0.1, 0.15) is 38.7 Å². The van der Waals surface area contributed by atoms with E-state index in [4.69, 9.17) is 9.72 Å². The number of pyridine rings is 1. The van der Waals surface area contributed by atoms with Crippen molar-refractivity contribution in [1.29, 1.82) is 0 Å². The first-order valence-corrected chi connectivity index (χ1v) is 15.6. The summed E-state index contributed by atoms with van der Waals surface area (Å²) >= 11 is 2.78. The number of fused-ring (bicyclic) bond motifs is 1. The van der Waals surface area contributed by atoms with Crippen LogP contribution in [-0.2, 0) is 9.53 Å². The van der Waals surface area contributed by atoms with Gasteiger partial charge in [-0.25, -0.2) is 4.98 Å². The number of aliphatic hydroxyl groups is 3. The number of nitrogens with zero attached hydrogens (tertiary/aromatic N) is 2. The Balaban J connectivity index is 1.61. The van der Waals surface area contributed by atoms with E-state index in [9.17, 15) is 20.1 Å². The molecule has 0 saturated carbocycles. The van der Waals surface area contributed by atoms with E-state index >= 15 is 0 Å². The van der Waals surface area contributed by atoms with Gasteiger partial charge in [-0.05, 0) is 56.7 Å². The summed E-state index contributed by atoms with van der Waals surface area (Å²) in [6.45, 7) is 7.03. The normalized spacial score (nSPS) is 31.8. The lowest BCUT2D eigenvalue weighted by atomic mass is 9.92. The Morgan fingerprint density at radius 1 is 1.24 bits per heavy atom. The van der Waals surface area contributed by atoms with Crippen LogP contribution in [0.5, 0.6) is 0 Å². The maximum absolute atomic E-state index is 13.6. The van der Waals surface area contributed by atoms with Gasteiger partial charge in [0, 0.05) is 17.2 Å². The number of carbonyl (C=O) groups excluding carboxylic acids is 1. The van der Waals surface area contributed by atoms with Crippen LogP contribution in [-0.4, -0.2) is 98.1 Å². The number of hydrogen-bond acceptors (Lipinski definition) is 9. The van der Waals surface area contributed by atoms with Gasteiger partial charge in [-0.15, -0.1) is 23.5 Å². The number of amides is 1. The van der Waals surface area contributed by atoms with Crippen molar-refractivity contribution < 1.29 is 24.9 Å². The van der Waals surface area contributed by atoms with Crippen molar-refractivity contribution in [3.8, 4) is 0 Å². The second kappa shape index (κ2) is 12.8. The van der Waals surface area contributed by atoms with Gasteiger partial charge in [0.25, 0.3) is 0 Å². The number of thioether (sulfide) groups is 2. The fraction of sp³-hybridized carbons (Fsp3) is 0.643. The first-order chi connectivity index (χ1) is 18.1. The van der Waals surface area contributed by atoms with Crippen LogP contribution in [0.3, 0.4) is 0 Å². The van der Waals surface area contributed by atoms with Gasteiger partial charge >= 0.3 is 0 Å². The Kier molecular flexibility index (Phi) is 10.00. The molecule has 4 N–H and O–H groups in total. The standard InChI is InChI=1S/C28H41N3O5S2/c1-6-9-17-13-20(31(4)14-17)26(35)30-21(25-23(33)22(32)24(34)28(36-25)37-5)16(3)38-27-15(2)12-18-10-7-8-11-19(18)29-27/h7-8,10-12,16-17,20-25,28,32-34H,6,9,13-14H2,1-5H3,(H,30,35)/t16-,17-,20+,21-,22+,23-,24-,25-,28-/m1/s1. The predicted molar refractivity (Wildman–Crippen MR) is 153 cm³/mol. The topological polar surface area (TPSA) is 115 Å². The lowest BCUT2D eigenvalue weighted by Gasteiger charge is -2.44. The van der Waals surface area contributed by atoms with Crippen LogP contribution in [0.2, 0.25) is 0 Å². The quantitative estimate of drug-likeness (QED) is 0.342. The van der Waals surface area contributed by atoms with E-state index in [1.54, 1.807) is 6.26 Å². The smallest absolute Gasteiger partial charge is 0.237 e. The van der Waals surface area contributed by atoms with Gasteiger partial charge in [0.2, 0.25) is 5.91 Å². The number of hydrogen-bond donors (Lipinski definition) is 4. The fourth-order valence-corrected chi connectivity index (χ4v) is 7.49. The van der Waals surface area contributed by atoms with E-state index in [0.717, 1.165) is 47.3 Å². The highest BCUT2D eigenvalue weighted by Crippen LogP contribution is 2.35. The molecule has 2 saturated heterocycles. The molecule has 1 aromatic heterocycles. The number of aliphatic hydroxyl groups excluding tert-OH is 3. The molecule has 0 unspecified atom stereocenters. The van der Waals surface area contributed by atoms with Crippen LogP contribution in [0.25, 0.3) is 10.9 Å². The third kappa shape index (κ3) is 6.32. The molecule has 8 nitrogen and oxygen atoms in total. The van der Waals surface area contributed by atoms with Crippen molar-refractivity contribution in [3.63, 3.8) is 0 Å². The molecule has 38 heavy (non-hydrogen) atoms. The number of carbonyl (C=O) groups is 1. The van der Waals surface area contributed by atoms with Crippen LogP contribution in [0, 0.1) is 12.8 Å². The summed E-state index contributed by atoms with van der Waals surface area (Å²) in [6.07, 6.45) is -0.135. The summed E-state index contributed by atoms with van der Waals surface area (Å²) in [5.74, 6) is 0.369. The summed E-state index contributed by atoms with van der Waals surface area (Å²) < 4.78 is 6.14. The number of nitrogens with one attached hydrogen (secondary N) is 1. The molecule has 2 aromatic rings. The minimum Gasteiger partial charge on any atom is -0.388 e.